The quantitative estimate of drug-likeness (QED) is 0.204. The molecular formula is C41H26. The molecule has 0 heteroatoms. The molecule has 6 aromatic carbocycles. The van der Waals surface area contributed by atoms with E-state index in [0.717, 1.165) is 0 Å². The fraction of sp³-hybridized carbons (Fsp3) is 0.0732. The molecule has 0 saturated carbocycles. The van der Waals surface area contributed by atoms with Gasteiger partial charge < -0.3 is 0 Å². The second-order valence-electron chi connectivity index (χ2n) is 12.1. The lowest BCUT2D eigenvalue weighted by molar-refractivity contribution is 0.733. The first kappa shape index (κ1) is 21.8. The zero-order valence-corrected chi connectivity index (χ0v) is 22.8. The third-order valence-corrected chi connectivity index (χ3v) is 9.92. The van der Waals surface area contributed by atoms with Crippen LogP contribution in [0.3, 0.4) is 0 Å². The van der Waals surface area contributed by atoms with Crippen LogP contribution in [0.25, 0.3) is 61.4 Å². The number of fused-ring (bicyclic) bond motifs is 10. The summed E-state index contributed by atoms with van der Waals surface area (Å²) < 4.78 is 0. The molecule has 0 aromatic heterocycles. The first-order chi connectivity index (χ1) is 20.2. The summed E-state index contributed by atoms with van der Waals surface area (Å²) in [7, 11) is 0. The Labute approximate surface area is 239 Å². The van der Waals surface area contributed by atoms with Crippen LogP contribution in [-0.2, 0) is 0 Å². The maximum atomic E-state index is 2.59. The van der Waals surface area contributed by atoms with Crippen molar-refractivity contribution in [2.24, 2.45) is 5.92 Å². The van der Waals surface area contributed by atoms with Crippen LogP contribution in [0, 0.1) is 12.8 Å². The normalized spacial score (nSPS) is 18.2. The molecule has 0 radical (unpaired) electrons. The SMILES string of the molecule is Cc1cc2c3c(cccc3c1)-c1cc3c(cc1-2)C1C=c2cccc4c2=C(c2ccccc2-4)C1C=C3c1ccccc1. The second kappa shape index (κ2) is 7.62. The van der Waals surface area contributed by atoms with Crippen molar-refractivity contribution in [1.29, 1.82) is 0 Å². The molecular weight excluding hydrogens is 492 g/mol. The van der Waals surface area contributed by atoms with Crippen LogP contribution >= 0.6 is 0 Å². The van der Waals surface area contributed by atoms with Gasteiger partial charge in [0.25, 0.3) is 0 Å². The number of hydrogen-bond acceptors (Lipinski definition) is 0. The molecule has 0 amide bonds. The van der Waals surface area contributed by atoms with Gasteiger partial charge in [0.2, 0.25) is 0 Å². The minimum atomic E-state index is 0.286. The standard InChI is InChI=1S/C41H26/c1-23-17-25-11-7-16-30-33-21-34-31(24-9-3-2-4-10-24)20-38-32(35(34)22-36(33)37(18-23)39(25)30)19-26-12-8-15-28-27-13-5-6-14-29(27)41(38)40(26)28/h2-22,32,38H,1H3. The average Bonchev–Trinajstić information content (AvgIpc) is 3.51. The summed E-state index contributed by atoms with van der Waals surface area (Å²) in [6, 6.07) is 43.5. The van der Waals surface area contributed by atoms with Gasteiger partial charge in [-0.1, -0.05) is 115 Å². The van der Waals surface area contributed by atoms with Crippen LogP contribution in [0.2, 0.25) is 0 Å². The maximum absolute atomic E-state index is 2.59. The van der Waals surface area contributed by atoms with Gasteiger partial charge in [0.1, 0.15) is 0 Å². The van der Waals surface area contributed by atoms with E-state index in [-0.39, 0.29) is 11.8 Å². The summed E-state index contributed by atoms with van der Waals surface area (Å²) in [4.78, 5) is 0. The molecule has 4 aliphatic rings. The molecule has 4 aliphatic carbocycles. The Morgan fingerprint density at radius 3 is 2.15 bits per heavy atom. The Kier molecular flexibility index (Phi) is 4.06. The lowest BCUT2D eigenvalue weighted by Gasteiger charge is -2.35. The van der Waals surface area contributed by atoms with Crippen LogP contribution in [0.5, 0.6) is 0 Å². The molecule has 0 spiro atoms. The first-order valence-electron chi connectivity index (χ1n) is 14.7. The van der Waals surface area contributed by atoms with Crippen molar-refractivity contribution in [1.82, 2.24) is 0 Å². The predicted octanol–water partition coefficient (Wildman–Crippen LogP) is 8.61. The van der Waals surface area contributed by atoms with E-state index in [1.807, 2.05) is 0 Å². The molecule has 0 aliphatic heterocycles. The number of allylic oxidation sites excluding steroid dienone is 1. The second-order valence-corrected chi connectivity index (χ2v) is 12.1. The number of rotatable bonds is 1. The Bertz CT molecular complexity index is 2310. The lowest BCUT2D eigenvalue weighted by Crippen LogP contribution is -2.36. The summed E-state index contributed by atoms with van der Waals surface area (Å²) in [5.74, 6) is 0.574. The van der Waals surface area contributed by atoms with Crippen molar-refractivity contribution in [3.05, 3.63) is 160 Å². The van der Waals surface area contributed by atoms with E-state index in [9.17, 15) is 0 Å². The minimum Gasteiger partial charge on any atom is -0.0681 e. The smallest absolute Gasteiger partial charge is 0.0144 e. The highest BCUT2D eigenvalue weighted by Gasteiger charge is 2.38. The molecule has 2 atom stereocenters. The zero-order chi connectivity index (χ0) is 26.8. The largest absolute Gasteiger partial charge is 0.0681 e. The van der Waals surface area contributed by atoms with E-state index in [2.05, 4.69) is 134 Å². The summed E-state index contributed by atoms with van der Waals surface area (Å²) in [6.07, 6.45) is 5.16. The van der Waals surface area contributed by atoms with Crippen LogP contribution in [0.15, 0.2) is 121 Å². The van der Waals surface area contributed by atoms with Crippen LogP contribution in [0.4, 0.5) is 0 Å². The van der Waals surface area contributed by atoms with E-state index in [1.165, 1.54) is 93.6 Å². The van der Waals surface area contributed by atoms with Crippen LogP contribution < -0.4 is 10.4 Å². The Balaban J connectivity index is 1.31. The summed E-state index contributed by atoms with van der Waals surface area (Å²) in [6.45, 7) is 2.23. The third kappa shape index (κ3) is 2.75. The lowest BCUT2D eigenvalue weighted by atomic mass is 9.68. The van der Waals surface area contributed by atoms with Gasteiger partial charge in [0.15, 0.2) is 0 Å². The Morgan fingerprint density at radius 2 is 1.24 bits per heavy atom. The fourth-order valence-corrected chi connectivity index (χ4v) is 8.34. The molecule has 2 unspecified atom stereocenters. The van der Waals surface area contributed by atoms with E-state index in [0.29, 0.717) is 0 Å². The summed E-state index contributed by atoms with van der Waals surface area (Å²) in [5, 5.41) is 5.56. The molecule has 0 nitrogen and oxygen atoms in total. The van der Waals surface area contributed by atoms with Gasteiger partial charge in [-0.05, 0) is 113 Å². The molecule has 0 saturated heterocycles. The Morgan fingerprint density at radius 1 is 0.488 bits per heavy atom. The van der Waals surface area contributed by atoms with Crippen molar-refractivity contribution in [2.45, 2.75) is 12.8 Å². The molecule has 0 fully saturated rings. The summed E-state index contributed by atoms with van der Waals surface area (Å²) in [5.41, 5.74) is 18.0. The van der Waals surface area contributed by atoms with Gasteiger partial charge in [-0.3, -0.25) is 0 Å². The van der Waals surface area contributed by atoms with Crippen molar-refractivity contribution < 1.29 is 0 Å². The van der Waals surface area contributed by atoms with Crippen molar-refractivity contribution >= 4 is 28.0 Å². The molecule has 6 aromatic rings. The van der Waals surface area contributed by atoms with Crippen molar-refractivity contribution in [2.75, 3.05) is 0 Å². The number of aryl methyl sites for hydroxylation is 1. The van der Waals surface area contributed by atoms with Crippen molar-refractivity contribution in [3.8, 4) is 33.4 Å². The molecule has 10 rings (SSSR count). The van der Waals surface area contributed by atoms with E-state index in [1.54, 1.807) is 0 Å². The van der Waals surface area contributed by atoms with Gasteiger partial charge in [-0.15, -0.1) is 0 Å². The molecule has 41 heavy (non-hydrogen) atoms. The third-order valence-electron chi connectivity index (χ3n) is 9.92. The zero-order valence-electron chi connectivity index (χ0n) is 22.8. The molecule has 0 N–H and O–H groups in total. The highest BCUT2D eigenvalue weighted by atomic mass is 14.4. The monoisotopic (exact) mass is 518 g/mol. The molecule has 190 valence electrons. The van der Waals surface area contributed by atoms with Crippen LogP contribution in [-0.4, -0.2) is 0 Å². The highest BCUT2D eigenvalue weighted by molar-refractivity contribution is 6.16. The van der Waals surface area contributed by atoms with E-state index < -0.39 is 0 Å². The number of hydrogen-bond donors (Lipinski definition) is 0. The maximum Gasteiger partial charge on any atom is 0.0144 e. The molecule has 0 bridgehead atoms. The Hall–Kier alpha value is -4.94. The predicted molar refractivity (Wildman–Crippen MR) is 171 cm³/mol. The fourth-order valence-electron chi connectivity index (χ4n) is 8.34. The van der Waals surface area contributed by atoms with Gasteiger partial charge in [-0.2, -0.15) is 0 Å². The highest BCUT2D eigenvalue weighted by Crippen LogP contribution is 2.54. The van der Waals surface area contributed by atoms with Gasteiger partial charge in [0.05, 0.1) is 0 Å². The molecule has 0 heterocycles. The van der Waals surface area contributed by atoms with Gasteiger partial charge >= 0.3 is 0 Å². The van der Waals surface area contributed by atoms with Gasteiger partial charge in [-0.25, -0.2) is 0 Å². The minimum absolute atomic E-state index is 0.286. The summed E-state index contributed by atoms with van der Waals surface area (Å²) >= 11 is 0. The topological polar surface area (TPSA) is 0 Å². The van der Waals surface area contributed by atoms with E-state index >= 15 is 0 Å². The van der Waals surface area contributed by atoms with Crippen LogP contribution in [0.1, 0.15) is 33.7 Å². The van der Waals surface area contributed by atoms with Gasteiger partial charge in [0, 0.05) is 11.8 Å². The first-order valence-corrected chi connectivity index (χ1v) is 14.7. The van der Waals surface area contributed by atoms with E-state index in [4.69, 9.17) is 0 Å². The van der Waals surface area contributed by atoms with Crippen molar-refractivity contribution in [3.63, 3.8) is 0 Å². The average molecular weight is 519 g/mol. The number of benzene rings is 6.